The molecule has 3 N–H and O–H groups in total. The minimum Gasteiger partial charge on any atom is -0.481 e. The normalized spacial score (nSPS) is 21.7. The number of aliphatic hydroxyl groups is 1. The maximum atomic E-state index is 13.7. The van der Waals surface area contributed by atoms with E-state index in [-0.39, 0.29) is 12.2 Å². The first-order valence-corrected chi connectivity index (χ1v) is 9.40. The van der Waals surface area contributed by atoms with Gasteiger partial charge in [-0.05, 0) is 41.8 Å². The van der Waals surface area contributed by atoms with Crippen LogP contribution in [0.3, 0.4) is 0 Å². The molecule has 0 spiro atoms. The van der Waals surface area contributed by atoms with Crippen molar-refractivity contribution in [3.8, 4) is 5.75 Å². The summed E-state index contributed by atoms with van der Waals surface area (Å²) in [6, 6.07) is 7.62. The van der Waals surface area contributed by atoms with Crippen LogP contribution in [-0.4, -0.2) is 36.2 Å². The number of rotatable bonds is 4. The van der Waals surface area contributed by atoms with Crippen LogP contribution in [-0.2, 0) is 12.8 Å². The van der Waals surface area contributed by atoms with E-state index in [4.69, 9.17) is 4.74 Å². The van der Waals surface area contributed by atoms with Gasteiger partial charge in [0, 0.05) is 24.1 Å². The highest BCUT2D eigenvalue weighted by Gasteiger charge is 2.42. The highest BCUT2D eigenvalue weighted by Crippen LogP contribution is 2.41. The lowest BCUT2D eigenvalue weighted by Crippen LogP contribution is -2.49. The Balaban J connectivity index is 1.56. The number of carbonyl (C=O) groups excluding carboxylic acids is 1. The molecule has 2 atom stereocenters. The Bertz CT molecular complexity index is 933. The van der Waals surface area contributed by atoms with Crippen LogP contribution >= 0.6 is 0 Å². The Labute approximate surface area is 165 Å². The molecular weight excluding hydrogens is 385 g/mol. The summed E-state index contributed by atoms with van der Waals surface area (Å²) in [5, 5.41) is 15.3. The van der Waals surface area contributed by atoms with Gasteiger partial charge in [-0.1, -0.05) is 12.1 Å². The van der Waals surface area contributed by atoms with Gasteiger partial charge in [-0.15, -0.1) is 0 Å². The molecular formula is C21H21F3N2O3. The van der Waals surface area contributed by atoms with Gasteiger partial charge in [0.15, 0.2) is 5.60 Å². The van der Waals surface area contributed by atoms with Crippen LogP contribution < -0.4 is 15.4 Å². The SMILES string of the molecule is O=C(Nc1cccc2c1C[C@H](O)C2)N[C@@H]1CC(CF)(CF)Oc2ccc(F)cc21. The molecule has 1 aliphatic heterocycles. The molecule has 0 saturated heterocycles. The predicted molar refractivity (Wildman–Crippen MR) is 101 cm³/mol. The van der Waals surface area contributed by atoms with Gasteiger partial charge < -0.3 is 20.5 Å². The molecule has 0 saturated carbocycles. The highest BCUT2D eigenvalue weighted by atomic mass is 19.1. The maximum absolute atomic E-state index is 13.7. The zero-order valence-electron chi connectivity index (χ0n) is 15.6. The number of alkyl halides is 2. The number of halogens is 3. The molecule has 5 nitrogen and oxygen atoms in total. The Morgan fingerprint density at radius 3 is 2.76 bits per heavy atom. The summed E-state index contributed by atoms with van der Waals surface area (Å²) >= 11 is 0. The number of anilines is 1. The summed E-state index contributed by atoms with van der Waals surface area (Å²) in [7, 11) is 0. The number of carbonyl (C=O) groups is 1. The van der Waals surface area contributed by atoms with E-state index in [1.807, 2.05) is 6.07 Å². The fraction of sp³-hybridized carbons (Fsp3) is 0.381. The van der Waals surface area contributed by atoms with E-state index >= 15 is 0 Å². The summed E-state index contributed by atoms with van der Waals surface area (Å²) in [4.78, 5) is 12.6. The third kappa shape index (κ3) is 3.76. The van der Waals surface area contributed by atoms with Gasteiger partial charge in [-0.2, -0.15) is 0 Å². The number of urea groups is 1. The molecule has 0 aromatic heterocycles. The monoisotopic (exact) mass is 406 g/mol. The van der Waals surface area contributed by atoms with Gasteiger partial charge in [0.2, 0.25) is 0 Å². The molecule has 1 aliphatic carbocycles. The van der Waals surface area contributed by atoms with Gasteiger partial charge >= 0.3 is 6.03 Å². The molecule has 8 heteroatoms. The van der Waals surface area contributed by atoms with Crippen molar-refractivity contribution in [3.63, 3.8) is 0 Å². The van der Waals surface area contributed by atoms with E-state index in [0.29, 0.717) is 24.1 Å². The second-order valence-corrected chi connectivity index (χ2v) is 7.59. The standard InChI is InChI=1S/C21H21F3N2O3/c22-10-21(11-23)9-18(16-7-13(24)4-5-19(16)29-21)26-20(28)25-17-3-1-2-12-6-14(27)8-15(12)17/h1-5,7,14,18,27H,6,8-11H2,(H2,25,26,28)/t14-,18-/m1/s1. The fourth-order valence-corrected chi connectivity index (χ4v) is 4.03. The van der Waals surface area contributed by atoms with Crippen molar-refractivity contribution in [2.24, 2.45) is 0 Å². The fourth-order valence-electron chi connectivity index (χ4n) is 4.03. The van der Waals surface area contributed by atoms with Gasteiger partial charge in [0.1, 0.15) is 24.9 Å². The van der Waals surface area contributed by atoms with Crippen LogP contribution in [0.25, 0.3) is 0 Å². The number of hydrogen-bond donors (Lipinski definition) is 3. The van der Waals surface area contributed by atoms with Crippen LogP contribution in [0.5, 0.6) is 5.75 Å². The average Bonchev–Trinajstić information content (AvgIpc) is 3.09. The van der Waals surface area contributed by atoms with Gasteiger partial charge in [-0.3, -0.25) is 0 Å². The van der Waals surface area contributed by atoms with Crippen LogP contribution in [0.15, 0.2) is 36.4 Å². The Kier molecular flexibility index (Phi) is 5.12. The Hall–Kier alpha value is -2.74. The summed E-state index contributed by atoms with van der Waals surface area (Å²) in [6.07, 6.45) is 0.296. The third-order valence-electron chi connectivity index (χ3n) is 5.46. The molecule has 0 fully saturated rings. The van der Waals surface area contributed by atoms with Crippen molar-refractivity contribution in [2.45, 2.75) is 37.0 Å². The number of amides is 2. The summed E-state index contributed by atoms with van der Waals surface area (Å²) in [6.45, 7) is -2.16. The number of aliphatic hydroxyl groups excluding tert-OH is 1. The van der Waals surface area contributed by atoms with E-state index in [0.717, 1.165) is 17.2 Å². The molecule has 2 aliphatic rings. The van der Waals surface area contributed by atoms with Crippen molar-refractivity contribution >= 4 is 11.7 Å². The maximum Gasteiger partial charge on any atom is 0.319 e. The van der Waals surface area contributed by atoms with Gasteiger partial charge in [0.05, 0.1) is 12.1 Å². The Morgan fingerprint density at radius 2 is 2.00 bits per heavy atom. The van der Waals surface area contributed by atoms with Crippen molar-refractivity contribution in [1.29, 1.82) is 0 Å². The summed E-state index contributed by atoms with van der Waals surface area (Å²) in [5.74, 6) is -0.399. The second-order valence-electron chi connectivity index (χ2n) is 7.59. The van der Waals surface area contributed by atoms with E-state index in [2.05, 4.69) is 10.6 Å². The van der Waals surface area contributed by atoms with Gasteiger partial charge in [-0.25, -0.2) is 18.0 Å². The zero-order valence-corrected chi connectivity index (χ0v) is 15.6. The molecule has 2 amide bonds. The number of benzene rings is 2. The number of ether oxygens (including phenoxy) is 1. The molecule has 0 bridgehead atoms. The molecule has 4 rings (SSSR count). The summed E-state index contributed by atoms with van der Waals surface area (Å²) < 4.78 is 46.3. The largest absolute Gasteiger partial charge is 0.481 e. The molecule has 1 heterocycles. The van der Waals surface area contributed by atoms with Crippen LogP contribution in [0, 0.1) is 5.82 Å². The van der Waals surface area contributed by atoms with E-state index in [9.17, 15) is 23.1 Å². The predicted octanol–water partition coefficient (Wildman–Crippen LogP) is 3.61. The molecule has 0 radical (unpaired) electrons. The highest BCUT2D eigenvalue weighted by molar-refractivity contribution is 5.90. The number of hydrogen-bond acceptors (Lipinski definition) is 3. The van der Waals surface area contributed by atoms with Crippen LogP contribution in [0.1, 0.15) is 29.2 Å². The lowest BCUT2D eigenvalue weighted by atomic mass is 9.88. The van der Waals surface area contributed by atoms with E-state index < -0.39 is 42.9 Å². The molecule has 154 valence electrons. The quantitative estimate of drug-likeness (QED) is 0.727. The third-order valence-corrected chi connectivity index (χ3v) is 5.46. The smallest absolute Gasteiger partial charge is 0.319 e. The minimum atomic E-state index is -1.72. The number of nitrogens with one attached hydrogen (secondary N) is 2. The van der Waals surface area contributed by atoms with Crippen molar-refractivity contribution < 1.29 is 27.8 Å². The minimum absolute atomic E-state index is 0.141. The van der Waals surface area contributed by atoms with Crippen molar-refractivity contribution in [1.82, 2.24) is 5.32 Å². The first-order valence-electron chi connectivity index (χ1n) is 9.40. The average molecular weight is 406 g/mol. The molecule has 2 aromatic carbocycles. The lowest BCUT2D eigenvalue weighted by molar-refractivity contribution is -0.0106. The Morgan fingerprint density at radius 1 is 1.21 bits per heavy atom. The molecule has 0 unspecified atom stereocenters. The zero-order chi connectivity index (χ0) is 20.6. The van der Waals surface area contributed by atoms with E-state index in [1.165, 1.54) is 12.1 Å². The number of fused-ring (bicyclic) bond motifs is 2. The van der Waals surface area contributed by atoms with Crippen LogP contribution in [0.2, 0.25) is 0 Å². The molecule has 29 heavy (non-hydrogen) atoms. The van der Waals surface area contributed by atoms with Crippen LogP contribution in [0.4, 0.5) is 23.7 Å². The van der Waals surface area contributed by atoms with E-state index in [1.54, 1.807) is 12.1 Å². The second kappa shape index (κ2) is 7.59. The van der Waals surface area contributed by atoms with Crippen molar-refractivity contribution in [2.75, 3.05) is 18.7 Å². The topological polar surface area (TPSA) is 70.6 Å². The van der Waals surface area contributed by atoms with Gasteiger partial charge in [0.25, 0.3) is 0 Å². The lowest BCUT2D eigenvalue weighted by Gasteiger charge is -2.39. The summed E-state index contributed by atoms with van der Waals surface area (Å²) in [5.41, 5.74) is 0.982. The first-order chi connectivity index (χ1) is 13.9. The first kappa shape index (κ1) is 19.6. The molecule has 2 aromatic rings. The van der Waals surface area contributed by atoms with Crippen molar-refractivity contribution in [3.05, 3.63) is 58.9 Å².